The van der Waals surface area contributed by atoms with E-state index in [1.165, 1.54) is 6.07 Å². The van der Waals surface area contributed by atoms with Crippen molar-refractivity contribution in [1.29, 1.82) is 0 Å². The quantitative estimate of drug-likeness (QED) is 0.694. The second kappa shape index (κ2) is 5.73. The number of rotatable bonds is 5. The maximum Gasteiger partial charge on any atom is 0.163 e. The van der Waals surface area contributed by atoms with Gasteiger partial charge in [-0.2, -0.15) is 0 Å². The van der Waals surface area contributed by atoms with Gasteiger partial charge < -0.3 is 0 Å². The van der Waals surface area contributed by atoms with Gasteiger partial charge in [0.2, 0.25) is 0 Å². The van der Waals surface area contributed by atoms with Gasteiger partial charge in [0.25, 0.3) is 0 Å². The Bertz CT molecular complexity index is 374. The van der Waals surface area contributed by atoms with Crippen LogP contribution in [0.4, 0.5) is 8.78 Å². The van der Waals surface area contributed by atoms with Crippen molar-refractivity contribution in [2.24, 2.45) is 5.92 Å². The standard InChI is InChI=1S/C13H16F2O/c1-3-4-9(2)7-13(16)10-5-6-11(14)12(15)8-10/h5-6,8-9H,3-4,7H2,1-2H3. The van der Waals surface area contributed by atoms with Gasteiger partial charge in [0.15, 0.2) is 17.4 Å². The van der Waals surface area contributed by atoms with E-state index in [-0.39, 0.29) is 17.3 Å². The fourth-order valence-electron chi connectivity index (χ4n) is 1.70. The van der Waals surface area contributed by atoms with Gasteiger partial charge in [0.05, 0.1) is 0 Å². The molecule has 0 aliphatic carbocycles. The molecule has 16 heavy (non-hydrogen) atoms. The van der Waals surface area contributed by atoms with Gasteiger partial charge in [-0.1, -0.05) is 26.7 Å². The molecule has 0 aromatic heterocycles. The van der Waals surface area contributed by atoms with Gasteiger partial charge in [-0.05, 0) is 24.1 Å². The van der Waals surface area contributed by atoms with Crippen LogP contribution in [-0.2, 0) is 0 Å². The molecule has 3 heteroatoms. The highest BCUT2D eigenvalue weighted by molar-refractivity contribution is 5.96. The van der Waals surface area contributed by atoms with Crippen molar-refractivity contribution >= 4 is 5.78 Å². The molecule has 88 valence electrons. The lowest BCUT2D eigenvalue weighted by molar-refractivity contribution is 0.0962. The lowest BCUT2D eigenvalue weighted by Gasteiger charge is -2.08. The minimum Gasteiger partial charge on any atom is -0.294 e. The van der Waals surface area contributed by atoms with Crippen molar-refractivity contribution in [2.75, 3.05) is 0 Å². The van der Waals surface area contributed by atoms with Crippen LogP contribution >= 0.6 is 0 Å². The highest BCUT2D eigenvalue weighted by Gasteiger charge is 2.12. The molecule has 1 atom stereocenters. The molecule has 1 aromatic rings. The molecule has 0 aliphatic rings. The molecule has 0 aliphatic heterocycles. The molecule has 0 bridgehead atoms. The van der Waals surface area contributed by atoms with Crippen LogP contribution < -0.4 is 0 Å². The smallest absolute Gasteiger partial charge is 0.163 e. The summed E-state index contributed by atoms with van der Waals surface area (Å²) in [4.78, 5) is 11.7. The normalized spacial score (nSPS) is 12.5. The molecule has 0 saturated carbocycles. The van der Waals surface area contributed by atoms with Gasteiger partial charge in [-0.15, -0.1) is 0 Å². The van der Waals surface area contributed by atoms with Crippen LogP contribution in [-0.4, -0.2) is 5.78 Å². The highest BCUT2D eigenvalue weighted by atomic mass is 19.2. The third-order valence-corrected chi connectivity index (χ3v) is 2.56. The average Bonchev–Trinajstić information content (AvgIpc) is 2.22. The van der Waals surface area contributed by atoms with Crippen molar-refractivity contribution in [2.45, 2.75) is 33.1 Å². The molecule has 0 fully saturated rings. The molecule has 1 nitrogen and oxygen atoms in total. The van der Waals surface area contributed by atoms with E-state index in [2.05, 4.69) is 6.92 Å². The first-order valence-electron chi connectivity index (χ1n) is 5.52. The van der Waals surface area contributed by atoms with E-state index in [0.717, 1.165) is 25.0 Å². The maximum absolute atomic E-state index is 12.9. The summed E-state index contributed by atoms with van der Waals surface area (Å²) < 4.78 is 25.6. The third kappa shape index (κ3) is 3.40. The van der Waals surface area contributed by atoms with E-state index in [0.29, 0.717) is 6.42 Å². The first-order valence-corrected chi connectivity index (χ1v) is 5.52. The molecule has 0 saturated heterocycles. The summed E-state index contributed by atoms with van der Waals surface area (Å²) in [5, 5.41) is 0. The van der Waals surface area contributed by atoms with Gasteiger partial charge in [-0.25, -0.2) is 8.78 Å². The van der Waals surface area contributed by atoms with Crippen LogP contribution in [0.2, 0.25) is 0 Å². The van der Waals surface area contributed by atoms with E-state index in [1.807, 2.05) is 6.92 Å². The number of carbonyl (C=O) groups is 1. The van der Waals surface area contributed by atoms with E-state index < -0.39 is 11.6 Å². The van der Waals surface area contributed by atoms with E-state index in [9.17, 15) is 13.6 Å². The Morgan fingerprint density at radius 3 is 2.56 bits per heavy atom. The number of hydrogen-bond acceptors (Lipinski definition) is 1. The Balaban J connectivity index is 2.69. The zero-order valence-corrected chi connectivity index (χ0v) is 9.59. The first kappa shape index (κ1) is 12.8. The molecular weight excluding hydrogens is 210 g/mol. The molecule has 0 N–H and O–H groups in total. The number of halogens is 2. The lowest BCUT2D eigenvalue weighted by atomic mass is 9.96. The van der Waals surface area contributed by atoms with Gasteiger partial charge in [0, 0.05) is 12.0 Å². The molecule has 0 heterocycles. The zero-order valence-electron chi connectivity index (χ0n) is 9.59. The fourth-order valence-corrected chi connectivity index (χ4v) is 1.70. The summed E-state index contributed by atoms with van der Waals surface area (Å²) in [5.41, 5.74) is 0.252. The summed E-state index contributed by atoms with van der Waals surface area (Å²) >= 11 is 0. The Hall–Kier alpha value is -1.25. The molecule has 0 radical (unpaired) electrons. The van der Waals surface area contributed by atoms with Crippen molar-refractivity contribution in [3.05, 3.63) is 35.4 Å². The zero-order chi connectivity index (χ0) is 12.1. The van der Waals surface area contributed by atoms with E-state index in [4.69, 9.17) is 0 Å². The van der Waals surface area contributed by atoms with Crippen LogP contribution in [0.25, 0.3) is 0 Å². The number of benzene rings is 1. The van der Waals surface area contributed by atoms with Gasteiger partial charge in [-0.3, -0.25) is 4.79 Å². The van der Waals surface area contributed by atoms with E-state index in [1.54, 1.807) is 0 Å². The van der Waals surface area contributed by atoms with Crippen molar-refractivity contribution in [3.8, 4) is 0 Å². The van der Waals surface area contributed by atoms with Crippen LogP contribution in [0, 0.1) is 17.6 Å². The maximum atomic E-state index is 12.9. The number of Topliss-reactive ketones (excluding diaryl/α,β-unsaturated/α-hetero) is 1. The topological polar surface area (TPSA) is 17.1 Å². The lowest BCUT2D eigenvalue weighted by Crippen LogP contribution is -2.06. The second-order valence-electron chi connectivity index (χ2n) is 4.15. The highest BCUT2D eigenvalue weighted by Crippen LogP contribution is 2.16. The van der Waals surface area contributed by atoms with Crippen LogP contribution in [0.5, 0.6) is 0 Å². The first-order chi connectivity index (χ1) is 7.54. The van der Waals surface area contributed by atoms with Gasteiger partial charge >= 0.3 is 0 Å². The van der Waals surface area contributed by atoms with Crippen LogP contribution in [0.1, 0.15) is 43.5 Å². The Kier molecular flexibility index (Phi) is 4.59. The molecule has 1 aromatic carbocycles. The largest absolute Gasteiger partial charge is 0.294 e. The van der Waals surface area contributed by atoms with E-state index >= 15 is 0 Å². The monoisotopic (exact) mass is 226 g/mol. The molecule has 1 unspecified atom stereocenters. The summed E-state index contributed by atoms with van der Waals surface area (Å²) in [6.45, 7) is 4.04. The van der Waals surface area contributed by atoms with Crippen molar-refractivity contribution in [1.82, 2.24) is 0 Å². The number of hydrogen-bond donors (Lipinski definition) is 0. The minimum atomic E-state index is -0.964. The summed E-state index contributed by atoms with van der Waals surface area (Å²) in [5.74, 6) is -1.72. The van der Waals surface area contributed by atoms with Crippen molar-refractivity contribution in [3.63, 3.8) is 0 Å². The van der Waals surface area contributed by atoms with Crippen LogP contribution in [0.15, 0.2) is 18.2 Å². The second-order valence-corrected chi connectivity index (χ2v) is 4.15. The molecule has 0 amide bonds. The summed E-state index contributed by atoms with van der Waals surface area (Å²) in [7, 11) is 0. The summed E-state index contributed by atoms with van der Waals surface area (Å²) in [6.07, 6.45) is 2.38. The third-order valence-electron chi connectivity index (χ3n) is 2.56. The van der Waals surface area contributed by atoms with Crippen LogP contribution in [0.3, 0.4) is 0 Å². The average molecular weight is 226 g/mol. The molecular formula is C13H16F2O. The molecule has 0 spiro atoms. The number of carbonyl (C=O) groups excluding carboxylic acids is 1. The summed E-state index contributed by atoms with van der Waals surface area (Å²) in [6, 6.07) is 3.29. The predicted molar refractivity (Wildman–Crippen MR) is 59.4 cm³/mol. The fraction of sp³-hybridized carbons (Fsp3) is 0.462. The Morgan fingerprint density at radius 2 is 2.00 bits per heavy atom. The van der Waals surface area contributed by atoms with Gasteiger partial charge in [0.1, 0.15) is 0 Å². The molecule has 1 rings (SSSR count). The Labute approximate surface area is 94.5 Å². The number of ketones is 1. The Morgan fingerprint density at radius 1 is 1.31 bits per heavy atom. The predicted octanol–water partition coefficient (Wildman–Crippen LogP) is 3.97. The SMILES string of the molecule is CCCC(C)CC(=O)c1ccc(F)c(F)c1. The minimum absolute atomic E-state index is 0.125. The van der Waals surface area contributed by atoms with Crippen molar-refractivity contribution < 1.29 is 13.6 Å².